The van der Waals surface area contributed by atoms with Crippen LogP contribution >= 0.6 is 11.8 Å². The Morgan fingerprint density at radius 2 is 1.77 bits per heavy atom. The van der Waals surface area contributed by atoms with E-state index >= 15 is 0 Å². The zero-order valence-corrected chi connectivity index (χ0v) is 13.6. The van der Waals surface area contributed by atoms with Gasteiger partial charge >= 0.3 is 5.97 Å². The molecule has 0 bridgehead atoms. The quantitative estimate of drug-likeness (QED) is 0.572. The Kier molecular flexibility index (Phi) is 6.34. The van der Waals surface area contributed by atoms with Gasteiger partial charge in [-0.15, -0.1) is 11.8 Å². The Morgan fingerprint density at radius 1 is 1.09 bits per heavy atom. The van der Waals surface area contributed by atoms with Crippen LogP contribution in [0.25, 0.3) is 0 Å². The second kappa shape index (κ2) is 8.49. The standard InChI is InChI=1S/C18H20O3S/c1-14(19)21-13-18(22-17-6-4-3-5-7-17)12-15-8-10-16(20-2)11-9-15/h3-11,18H,12-13H2,1-2H3. The summed E-state index contributed by atoms with van der Waals surface area (Å²) < 4.78 is 10.4. The summed E-state index contributed by atoms with van der Waals surface area (Å²) in [6.45, 7) is 1.85. The van der Waals surface area contributed by atoms with Gasteiger partial charge < -0.3 is 9.47 Å². The van der Waals surface area contributed by atoms with Crippen molar-refractivity contribution in [1.82, 2.24) is 0 Å². The van der Waals surface area contributed by atoms with Gasteiger partial charge in [-0.3, -0.25) is 4.79 Å². The second-order valence-corrected chi connectivity index (χ2v) is 6.28. The van der Waals surface area contributed by atoms with Gasteiger partial charge in [0.1, 0.15) is 12.4 Å². The van der Waals surface area contributed by atoms with E-state index in [9.17, 15) is 4.79 Å². The molecule has 0 amide bonds. The number of ether oxygens (including phenoxy) is 2. The molecule has 0 spiro atoms. The summed E-state index contributed by atoms with van der Waals surface area (Å²) >= 11 is 1.73. The summed E-state index contributed by atoms with van der Waals surface area (Å²) in [5, 5.41) is 0.180. The molecule has 2 aromatic rings. The first kappa shape index (κ1) is 16.4. The van der Waals surface area contributed by atoms with Gasteiger partial charge in [-0.25, -0.2) is 0 Å². The number of methoxy groups -OCH3 is 1. The Balaban J connectivity index is 2.03. The zero-order chi connectivity index (χ0) is 15.8. The molecular formula is C18H20O3S. The van der Waals surface area contributed by atoms with Crippen LogP contribution in [-0.2, 0) is 16.0 Å². The summed E-state index contributed by atoms with van der Waals surface area (Å²) in [7, 11) is 1.66. The molecule has 0 heterocycles. The number of esters is 1. The molecule has 0 N–H and O–H groups in total. The maximum absolute atomic E-state index is 11.1. The second-order valence-electron chi connectivity index (χ2n) is 4.91. The number of benzene rings is 2. The van der Waals surface area contributed by atoms with Gasteiger partial charge in [-0.1, -0.05) is 30.3 Å². The van der Waals surface area contributed by atoms with Gasteiger partial charge in [0, 0.05) is 17.1 Å². The average molecular weight is 316 g/mol. The van der Waals surface area contributed by atoms with Crippen LogP contribution in [0.3, 0.4) is 0 Å². The van der Waals surface area contributed by atoms with E-state index in [0.29, 0.717) is 6.61 Å². The van der Waals surface area contributed by atoms with Gasteiger partial charge in [0.15, 0.2) is 0 Å². The zero-order valence-electron chi connectivity index (χ0n) is 12.8. The molecule has 116 valence electrons. The van der Waals surface area contributed by atoms with Crippen molar-refractivity contribution in [2.45, 2.75) is 23.5 Å². The maximum Gasteiger partial charge on any atom is 0.302 e. The summed E-state index contributed by atoms with van der Waals surface area (Å²) in [5.41, 5.74) is 1.20. The highest BCUT2D eigenvalue weighted by atomic mass is 32.2. The minimum absolute atomic E-state index is 0.180. The molecule has 0 saturated carbocycles. The lowest BCUT2D eigenvalue weighted by Crippen LogP contribution is -2.17. The molecule has 0 saturated heterocycles. The molecule has 2 aromatic carbocycles. The van der Waals surface area contributed by atoms with E-state index in [2.05, 4.69) is 12.1 Å². The van der Waals surface area contributed by atoms with Crippen molar-refractivity contribution in [3.05, 3.63) is 60.2 Å². The van der Waals surface area contributed by atoms with Gasteiger partial charge in [0.2, 0.25) is 0 Å². The highest BCUT2D eigenvalue weighted by molar-refractivity contribution is 8.00. The van der Waals surface area contributed by atoms with Crippen LogP contribution in [0.15, 0.2) is 59.5 Å². The first-order valence-corrected chi connectivity index (χ1v) is 8.03. The molecule has 0 aliphatic carbocycles. The van der Waals surface area contributed by atoms with Crippen LogP contribution in [-0.4, -0.2) is 24.9 Å². The Labute approximate surface area is 135 Å². The summed E-state index contributed by atoms with van der Waals surface area (Å²) in [4.78, 5) is 12.3. The van der Waals surface area contributed by atoms with E-state index in [-0.39, 0.29) is 11.2 Å². The topological polar surface area (TPSA) is 35.5 Å². The molecule has 0 aliphatic heterocycles. The fourth-order valence-corrected chi connectivity index (χ4v) is 3.17. The van der Waals surface area contributed by atoms with E-state index in [1.165, 1.54) is 17.4 Å². The third-order valence-electron chi connectivity index (χ3n) is 3.14. The fourth-order valence-electron chi connectivity index (χ4n) is 2.06. The monoisotopic (exact) mass is 316 g/mol. The third-order valence-corrected chi connectivity index (χ3v) is 4.32. The van der Waals surface area contributed by atoms with Crippen molar-refractivity contribution >= 4 is 17.7 Å². The number of rotatable bonds is 7. The minimum Gasteiger partial charge on any atom is -0.497 e. The highest BCUT2D eigenvalue weighted by Gasteiger charge is 2.13. The minimum atomic E-state index is -0.242. The van der Waals surface area contributed by atoms with Gasteiger partial charge in [0.05, 0.1) is 7.11 Å². The summed E-state index contributed by atoms with van der Waals surface area (Å²) in [6.07, 6.45) is 0.830. The predicted octanol–water partition coefficient (Wildman–Crippen LogP) is 3.96. The van der Waals surface area contributed by atoms with Crippen LogP contribution in [0.4, 0.5) is 0 Å². The Morgan fingerprint density at radius 3 is 2.36 bits per heavy atom. The van der Waals surface area contributed by atoms with Crippen LogP contribution in [0, 0.1) is 0 Å². The van der Waals surface area contributed by atoms with Gasteiger partial charge in [0.25, 0.3) is 0 Å². The first-order chi connectivity index (χ1) is 10.7. The van der Waals surface area contributed by atoms with Gasteiger partial charge in [-0.05, 0) is 36.2 Å². The van der Waals surface area contributed by atoms with Crippen LogP contribution in [0.5, 0.6) is 5.75 Å². The molecule has 4 heteroatoms. The molecule has 0 aromatic heterocycles. The average Bonchev–Trinajstić information content (AvgIpc) is 2.54. The lowest BCUT2D eigenvalue weighted by molar-refractivity contribution is -0.140. The van der Waals surface area contributed by atoms with Crippen molar-refractivity contribution in [2.24, 2.45) is 0 Å². The lowest BCUT2D eigenvalue weighted by Gasteiger charge is -2.16. The van der Waals surface area contributed by atoms with E-state index in [1.54, 1.807) is 18.9 Å². The normalized spacial score (nSPS) is 11.7. The van der Waals surface area contributed by atoms with Crippen molar-refractivity contribution < 1.29 is 14.3 Å². The largest absolute Gasteiger partial charge is 0.497 e. The number of carbonyl (C=O) groups is 1. The van der Waals surface area contributed by atoms with E-state index in [1.807, 2.05) is 42.5 Å². The Hall–Kier alpha value is -1.94. The molecule has 0 aliphatic rings. The summed E-state index contributed by atoms with van der Waals surface area (Å²) in [5.74, 6) is 0.601. The molecule has 1 unspecified atom stereocenters. The summed E-state index contributed by atoms with van der Waals surface area (Å²) in [6, 6.07) is 18.2. The van der Waals surface area contributed by atoms with Crippen molar-refractivity contribution in [2.75, 3.05) is 13.7 Å². The SMILES string of the molecule is COc1ccc(CC(COC(C)=O)Sc2ccccc2)cc1. The van der Waals surface area contributed by atoms with Crippen LogP contribution in [0.1, 0.15) is 12.5 Å². The van der Waals surface area contributed by atoms with E-state index < -0.39 is 0 Å². The molecule has 3 nitrogen and oxygen atoms in total. The molecule has 22 heavy (non-hydrogen) atoms. The fraction of sp³-hybridized carbons (Fsp3) is 0.278. The van der Waals surface area contributed by atoms with Crippen molar-refractivity contribution in [3.63, 3.8) is 0 Å². The molecule has 0 radical (unpaired) electrons. The van der Waals surface area contributed by atoms with Crippen LogP contribution < -0.4 is 4.74 Å². The molecule has 2 rings (SSSR count). The highest BCUT2D eigenvalue weighted by Crippen LogP contribution is 2.26. The third kappa shape index (κ3) is 5.45. The lowest BCUT2D eigenvalue weighted by atomic mass is 10.1. The van der Waals surface area contributed by atoms with E-state index in [0.717, 1.165) is 12.2 Å². The number of thioether (sulfide) groups is 1. The maximum atomic E-state index is 11.1. The molecular weight excluding hydrogens is 296 g/mol. The molecule has 0 fully saturated rings. The number of hydrogen-bond donors (Lipinski definition) is 0. The van der Waals surface area contributed by atoms with Gasteiger partial charge in [-0.2, -0.15) is 0 Å². The predicted molar refractivity (Wildman–Crippen MR) is 89.4 cm³/mol. The van der Waals surface area contributed by atoms with Crippen LogP contribution in [0.2, 0.25) is 0 Å². The van der Waals surface area contributed by atoms with Crippen molar-refractivity contribution in [3.8, 4) is 5.75 Å². The van der Waals surface area contributed by atoms with E-state index in [4.69, 9.17) is 9.47 Å². The smallest absolute Gasteiger partial charge is 0.302 e. The Bertz CT molecular complexity index is 581. The number of hydrogen-bond acceptors (Lipinski definition) is 4. The first-order valence-electron chi connectivity index (χ1n) is 7.15. The van der Waals surface area contributed by atoms with Crippen molar-refractivity contribution in [1.29, 1.82) is 0 Å². The number of carbonyl (C=O) groups excluding carboxylic acids is 1. The molecule has 1 atom stereocenters.